The minimum atomic E-state index is 0.656. The second-order valence-corrected chi connectivity index (χ2v) is 5.78. The normalized spacial score (nSPS) is 24.1. The van der Waals surface area contributed by atoms with E-state index in [4.69, 9.17) is 4.74 Å². The third kappa shape index (κ3) is 4.14. The first-order valence-electron chi connectivity index (χ1n) is 7.94. The second-order valence-electron chi connectivity index (χ2n) is 5.78. The zero-order valence-electron chi connectivity index (χ0n) is 13.1. The molecule has 2 unspecified atom stereocenters. The smallest absolute Gasteiger partial charge is 0.119 e. The molecule has 1 heterocycles. The number of benzene rings is 1. The highest BCUT2D eigenvalue weighted by Crippen LogP contribution is 2.22. The monoisotopic (exact) mass is 276 g/mol. The summed E-state index contributed by atoms with van der Waals surface area (Å²) in [5.41, 5.74) is 1.32. The van der Waals surface area contributed by atoms with Crippen LogP contribution in [0, 0.1) is 5.92 Å². The van der Waals surface area contributed by atoms with E-state index in [-0.39, 0.29) is 0 Å². The van der Waals surface area contributed by atoms with Crippen molar-refractivity contribution < 1.29 is 4.74 Å². The molecule has 0 aromatic heterocycles. The predicted octanol–water partition coefficient (Wildman–Crippen LogP) is 3.30. The van der Waals surface area contributed by atoms with E-state index in [9.17, 15) is 0 Å². The number of ether oxygens (including phenoxy) is 1. The molecule has 2 rings (SSSR count). The molecule has 1 saturated heterocycles. The van der Waals surface area contributed by atoms with Crippen LogP contribution in [0.5, 0.6) is 5.75 Å². The van der Waals surface area contributed by atoms with E-state index in [1.807, 2.05) is 6.92 Å². The highest BCUT2D eigenvalue weighted by atomic mass is 16.5. The summed E-state index contributed by atoms with van der Waals surface area (Å²) in [6.07, 6.45) is 2.43. The van der Waals surface area contributed by atoms with Crippen molar-refractivity contribution in [3.63, 3.8) is 0 Å². The molecule has 1 aromatic rings. The third-order valence-electron chi connectivity index (χ3n) is 4.04. The highest BCUT2D eigenvalue weighted by molar-refractivity contribution is 5.49. The molecule has 0 amide bonds. The van der Waals surface area contributed by atoms with Gasteiger partial charge in [-0.15, -0.1) is 0 Å². The molecule has 0 radical (unpaired) electrons. The molecule has 112 valence electrons. The van der Waals surface area contributed by atoms with Gasteiger partial charge in [0.15, 0.2) is 0 Å². The molecule has 1 aromatic carbocycles. The fourth-order valence-corrected chi connectivity index (χ4v) is 2.82. The Labute approximate surface area is 123 Å². The van der Waals surface area contributed by atoms with E-state index in [1.165, 1.54) is 18.5 Å². The summed E-state index contributed by atoms with van der Waals surface area (Å²) >= 11 is 0. The first-order chi connectivity index (χ1) is 9.72. The van der Waals surface area contributed by atoms with Crippen LogP contribution in [-0.4, -0.2) is 32.3 Å². The zero-order chi connectivity index (χ0) is 14.4. The second kappa shape index (κ2) is 7.53. The molecular weight excluding hydrogens is 248 g/mol. The van der Waals surface area contributed by atoms with Gasteiger partial charge in [-0.2, -0.15) is 0 Å². The van der Waals surface area contributed by atoms with Crippen LogP contribution in [0.25, 0.3) is 0 Å². The summed E-state index contributed by atoms with van der Waals surface area (Å²) in [5.74, 6) is 1.64. The van der Waals surface area contributed by atoms with Crippen LogP contribution in [0.15, 0.2) is 24.3 Å². The lowest BCUT2D eigenvalue weighted by Gasteiger charge is -2.33. The van der Waals surface area contributed by atoms with Crippen LogP contribution in [0.4, 0.5) is 5.69 Å². The topological polar surface area (TPSA) is 24.5 Å². The molecule has 1 aliphatic heterocycles. The Hall–Kier alpha value is -1.22. The van der Waals surface area contributed by atoms with Gasteiger partial charge in [-0.05, 0) is 56.5 Å². The number of nitrogens with zero attached hydrogens (tertiary/aromatic N) is 1. The van der Waals surface area contributed by atoms with E-state index in [0.29, 0.717) is 12.0 Å². The quantitative estimate of drug-likeness (QED) is 0.913. The Bertz CT molecular complexity index is 390. The fraction of sp³-hybridized carbons (Fsp3) is 0.647. The summed E-state index contributed by atoms with van der Waals surface area (Å²) in [4.78, 5) is 2.52. The van der Waals surface area contributed by atoms with Gasteiger partial charge in [0.25, 0.3) is 0 Å². The van der Waals surface area contributed by atoms with Gasteiger partial charge in [0.1, 0.15) is 5.75 Å². The number of anilines is 1. The summed E-state index contributed by atoms with van der Waals surface area (Å²) in [7, 11) is 0. The minimum absolute atomic E-state index is 0.656. The van der Waals surface area contributed by atoms with Crippen molar-refractivity contribution in [2.75, 3.05) is 31.1 Å². The van der Waals surface area contributed by atoms with Crippen molar-refractivity contribution in [1.82, 2.24) is 5.32 Å². The van der Waals surface area contributed by atoms with Crippen LogP contribution >= 0.6 is 0 Å². The average Bonchev–Trinajstić information content (AvgIpc) is 2.45. The van der Waals surface area contributed by atoms with Crippen LogP contribution in [0.3, 0.4) is 0 Å². The molecule has 3 nitrogen and oxygen atoms in total. The van der Waals surface area contributed by atoms with E-state index < -0.39 is 0 Å². The molecule has 1 N–H and O–H groups in total. The van der Waals surface area contributed by atoms with Crippen LogP contribution in [0.2, 0.25) is 0 Å². The van der Waals surface area contributed by atoms with Gasteiger partial charge in [0, 0.05) is 24.8 Å². The van der Waals surface area contributed by atoms with E-state index in [1.54, 1.807) is 0 Å². The van der Waals surface area contributed by atoms with Crippen molar-refractivity contribution >= 4 is 5.69 Å². The van der Waals surface area contributed by atoms with Crippen LogP contribution in [-0.2, 0) is 0 Å². The molecule has 0 aliphatic carbocycles. The van der Waals surface area contributed by atoms with Gasteiger partial charge in [-0.3, -0.25) is 0 Å². The Morgan fingerprint density at radius 1 is 1.25 bits per heavy atom. The van der Waals surface area contributed by atoms with E-state index in [2.05, 4.69) is 48.3 Å². The van der Waals surface area contributed by atoms with Gasteiger partial charge in [0.05, 0.1) is 6.61 Å². The first-order valence-corrected chi connectivity index (χ1v) is 7.94. The molecule has 0 bridgehead atoms. The molecule has 3 heteroatoms. The van der Waals surface area contributed by atoms with Gasteiger partial charge in [0.2, 0.25) is 0 Å². The summed E-state index contributed by atoms with van der Waals surface area (Å²) in [6.45, 7) is 10.7. The Morgan fingerprint density at radius 2 is 2.00 bits per heavy atom. The molecule has 2 atom stereocenters. The fourth-order valence-electron chi connectivity index (χ4n) is 2.82. The maximum Gasteiger partial charge on any atom is 0.119 e. The number of hydrogen-bond acceptors (Lipinski definition) is 3. The van der Waals surface area contributed by atoms with Gasteiger partial charge >= 0.3 is 0 Å². The Morgan fingerprint density at radius 3 is 2.65 bits per heavy atom. The lowest BCUT2D eigenvalue weighted by molar-refractivity contribution is 0.340. The molecule has 0 spiro atoms. The van der Waals surface area contributed by atoms with Crippen molar-refractivity contribution in [1.29, 1.82) is 0 Å². The number of nitrogens with one attached hydrogen (secondary N) is 1. The van der Waals surface area contributed by atoms with Crippen LogP contribution < -0.4 is 15.0 Å². The minimum Gasteiger partial charge on any atom is -0.494 e. The molecule has 0 saturated carbocycles. The highest BCUT2D eigenvalue weighted by Gasteiger charge is 2.18. The van der Waals surface area contributed by atoms with Crippen LogP contribution in [0.1, 0.15) is 33.6 Å². The predicted molar refractivity (Wildman–Crippen MR) is 85.7 cm³/mol. The summed E-state index contributed by atoms with van der Waals surface area (Å²) < 4.78 is 5.52. The molecule has 20 heavy (non-hydrogen) atoms. The Balaban J connectivity index is 2.04. The number of rotatable bonds is 4. The third-order valence-corrected chi connectivity index (χ3v) is 4.04. The first kappa shape index (κ1) is 15.2. The van der Waals surface area contributed by atoms with E-state index >= 15 is 0 Å². The standard InChI is InChI=1S/C17H28N2O/c1-4-15-10-11-19(13-14(3)12-18-15)16-6-8-17(9-7-16)20-5-2/h6-9,14-15,18H,4-5,10-13H2,1-3H3. The van der Waals surface area contributed by atoms with Crippen molar-refractivity contribution in [2.24, 2.45) is 5.92 Å². The van der Waals surface area contributed by atoms with Crippen molar-refractivity contribution in [3.05, 3.63) is 24.3 Å². The van der Waals surface area contributed by atoms with Crippen molar-refractivity contribution in [3.8, 4) is 5.75 Å². The molecule has 1 fully saturated rings. The van der Waals surface area contributed by atoms with Crippen molar-refractivity contribution in [2.45, 2.75) is 39.7 Å². The maximum absolute atomic E-state index is 5.52. The summed E-state index contributed by atoms with van der Waals surface area (Å²) in [5, 5.41) is 3.67. The number of hydrogen-bond donors (Lipinski definition) is 1. The maximum atomic E-state index is 5.52. The Kier molecular flexibility index (Phi) is 5.72. The average molecular weight is 276 g/mol. The van der Waals surface area contributed by atoms with E-state index in [0.717, 1.165) is 32.0 Å². The lowest BCUT2D eigenvalue weighted by atomic mass is 10.0. The largest absolute Gasteiger partial charge is 0.494 e. The lowest BCUT2D eigenvalue weighted by Crippen LogP contribution is -2.43. The zero-order valence-corrected chi connectivity index (χ0v) is 13.1. The molecular formula is C17H28N2O. The van der Waals surface area contributed by atoms with Gasteiger partial charge < -0.3 is 15.0 Å². The molecule has 1 aliphatic rings. The van der Waals surface area contributed by atoms with Gasteiger partial charge in [-0.25, -0.2) is 0 Å². The van der Waals surface area contributed by atoms with Gasteiger partial charge in [-0.1, -0.05) is 13.8 Å². The SMILES string of the molecule is CCOc1ccc(N2CCC(CC)NCC(C)C2)cc1. The summed E-state index contributed by atoms with van der Waals surface area (Å²) in [6, 6.07) is 9.19.